The highest BCUT2D eigenvalue weighted by atomic mass is 15.3. The van der Waals surface area contributed by atoms with Crippen molar-refractivity contribution < 1.29 is 0 Å². The summed E-state index contributed by atoms with van der Waals surface area (Å²) in [5.41, 5.74) is 5.99. The Morgan fingerprint density at radius 2 is 2.25 bits per heavy atom. The van der Waals surface area contributed by atoms with Gasteiger partial charge in [0.25, 0.3) is 0 Å². The van der Waals surface area contributed by atoms with E-state index in [2.05, 4.69) is 10.1 Å². The summed E-state index contributed by atoms with van der Waals surface area (Å²) < 4.78 is 1.79. The van der Waals surface area contributed by atoms with Crippen molar-refractivity contribution in [2.24, 2.45) is 18.7 Å². The minimum absolute atomic E-state index is 0.0937. The van der Waals surface area contributed by atoms with Crippen LogP contribution in [0.15, 0.2) is 0 Å². The molecule has 1 heterocycles. The van der Waals surface area contributed by atoms with E-state index in [4.69, 9.17) is 5.73 Å². The van der Waals surface area contributed by atoms with Crippen molar-refractivity contribution in [1.82, 2.24) is 14.8 Å². The molecule has 1 fully saturated rings. The first-order chi connectivity index (χ1) is 5.68. The molecule has 66 valence electrons. The minimum atomic E-state index is 0.0937. The molecule has 0 aromatic carbocycles. The van der Waals surface area contributed by atoms with E-state index in [1.807, 2.05) is 14.0 Å². The van der Waals surface area contributed by atoms with Gasteiger partial charge in [-0.05, 0) is 25.7 Å². The van der Waals surface area contributed by atoms with Gasteiger partial charge in [-0.1, -0.05) is 0 Å². The van der Waals surface area contributed by atoms with Crippen molar-refractivity contribution in [3.8, 4) is 0 Å². The van der Waals surface area contributed by atoms with Crippen LogP contribution in [0.4, 0.5) is 0 Å². The zero-order valence-corrected chi connectivity index (χ0v) is 7.49. The Morgan fingerprint density at radius 1 is 1.58 bits per heavy atom. The Morgan fingerprint density at radius 3 is 2.67 bits per heavy atom. The van der Waals surface area contributed by atoms with Crippen LogP contribution in [0.3, 0.4) is 0 Å². The van der Waals surface area contributed by atoms with Gasteiger partial charge in [-0.25, -0.2) is 4.98 Å². The summed E-state index contributed by atoms with van der Waals surface area (Å²) in [5.74, 6) is 2.38. The molecule has 0 bridgehead atoms. The number of hydrogen-bond donors (Lipinski definition) is 1. The average molecular weight is 166 g/mol. The molecular formula is C8H14N4. The molecule has 1 atom stereocenters. The molecule has 0 spiro atoms. The van der Waals surface area contributed by atoms with Crippen LogP contribution in [0.25, 0.3) is 0 Å². The van der Waals surface area contributed by atoms with Crippen molar-refractivity contribution in [2.75, 3.05) is 0 Å². The van der Waals surface area contributed by atoms with E-state index in [1.54, 1.807) is 4.68 Å². The Kier molecular flexibility index (Phi) is 1.65. The van der Waals surface area contributed by atoms with E-state index in [1.165, 1.54) is 12.8 Å². The third-order valence-corrected chi connectivity index (χ3v) is 2.33. The van der Waals surface area contributed by atoms with Gasteiger partial charge in [0.15, 0.2) is 0 Å². The highest BCUT2D eigenvalue weighted by molar-refractivity contribution is 5.02. The molecule has 0 amide bonds. The molecule has 4 nitrogen and oxygen atoms in total. The van der Waals surface area contributed by atoms with Crippen molar-refractivity contribution in [3.63, 3.8) is 0 Å². The second-order valence-corrected chi connectivity index (χ2v) is 3.50. The van der Waals surface area contributed by atoms with Gasteiger partial charge in [0.1, 0.15) is 11.6 Å². The zero-order chi connectivity index (χ0) is 8.72. The predicted molar refractivity (Wildman–Crippen MR) is 45.4 cm³/mol. The second-order valence-electron chi connectivity index (χ2n) is 3.50. The summed E-state index contributed by atoms with van der Waals surface area (Å²) in [6.07, 6.45) is 2.49. The van der Waals surface area contributed by atoms with Crippen molar-refractivity contribution in [3.05, 3.63) is 11.6 Å². The van der Waals surface area contributed by atoms with Crippen LogP contribution in [-0.2, 0) is 7.05 Å². The standard InChI is InChI=1S/C8H14N4/c1-5-10-8(12(2)11-5)7(9)6-3-4-6/h6-7H,3-4,9H2,1-2H3. The van der Waals surface area contributed by atoms with Crippen LogP contribution < -0.4 is 5.73 Å². The van der Waals surface area contributed by atoms with Gasteiger partial charge >= 0.3 is 0 Å². The Labute approximate surface area is 71.8 Å². The lowest BCUT2D eigenvalue weighted by molar-refractivity contribution is 0.551. The maximum Gasteiger partial charge on any atom is 0.147 e. The smallest absolute Gasteiger partial charge is 0.147 e. The van der Waals surface area contributed by atoms with E-state index in [-0.39, 0.29) is 6.04 Å². The summed E-state index contributed by atoms with van der Waals surface area (Å²) >= 11 is 0. The average Bonchev–Trinajstić information content (AvgIpc) is 2.77. The van der Waals surface area contributed by atoms with Gasteiger partial charge in [-0.2, -0.15) is 5.10 Å². The Bertz CT molecular complexity index is 287. The number of aryl methyl sites for hydroxylation is 2. The summed E-state index contributed by atoms with van der Waals surface area (Å²) in [5, 5.41) is 4.17. The van der Waals surface area contributed by atoms with Crippen LogP contribution >= 0.6 is 0 Å². The zero-order valence-electron chi connectivity index (χ0n) is 7.49. The number of hydrogen-bond acceptors (Lipinski definition) is 3. The number of rotatable bonds is 2. The summed E-state index contributed by atoms with van der Waals surface area (Å²) in [7, 11) is 1.90. The molecule has 1 aliphatic carbocycles. The van der Waals surface area contributed by atoms with Gasteiger partial charge < -0.3 is 5.73 Å². The van der Waals surface area contributed by atoms with Crippen LogP contribution in [0.1, 0.15) is 30.5 Å². The SMILES string of the molecule is Cc1nc(C(N)C2CC2)n(C)n1. The molecule has 1 aromatic rings. The van der Waals surface area contributed by atoms with Crippen molar-refractivity contribution in [2.45, 2.75) is 25.8 Å². The van der Waals surface area contributed by atoms with Crippen LogP contribution in [-0.4, -0.2) is 14.8 Å². The van der Waals surface area contributed by atoms with Gasteiger partial charge in [0.2, 0.25) is 0 Å². The molecule has 12 heavy (non-hydrogen) atoms. The first-order valence-corrected chi connectivity index (χ1v) is 4.31. The van der Waals surface area contributed by atoms with Crippen molar-refractivity contribution in [1.29, 1.82) is 0 Å². The number of nitrogens with zero attached hydrogens (tertiary/aromatic N) is 3. The molecule has 1 saturated carbocycles. The van der Waals surface area contributed by atoms with E-state index >= 15 is 0 Å². The highest BCUT2D eigenvalue weighted by Crippen LogP contribution is 2.38. The lowest BCUT2D eigenvalue weighted by atomic mass is 10.2. The molecule has 1 aromatic heterocycles. The molecule has 0 saturated heterocycles. The lowest BCUT2D eigenvalue weighted by Crippen LogP contribution is -2.17. The van der Waals surface area contributed by atoms with Crippen LogP contribution in [0.2, 0.25) is 0 Å². The third-order valence-electron chi connectivity index (χ3n) is 2.33. The Hall–Kier alpha value is -0.900. The maximum absolute atomic E-state index is 5.99. The number of aromatic nitrogens is 3. The fourth-order valence-corrected chi connectivity index (χ4v) is 1.49. The van der Waals surface area contributed by atoms with Crippen LogP contribution in [0.5, 0.6) is 0 Å². The summed E-state index contributed by atoms with van der Waals surface area (Å²) in [4.78, 5) is 4.30. The molecule has 4 heteroatoms. The monoisotopic (exact) mass is 166 g/mol. The van der Waals surface area contributed by atoms with E-state index in [9.17, 15) is 0 Å². The van der Waals surface area contributed by atoms with E-state index < -0.39 is 0 Å². The van der Waals surface area contributed by atoms with Gasteiger partial charge in [-0.3, -0.25) is 4.68 Å². The number of nitrogens with two attached hydrogens (primary N) is 1. The molecule has 2 N–H and O–H groups in total. The topological polar surface area (TPSA) is 56.7 Å². The largest absolute Gasteiger partial charge is 0.321 e. The molecule has 2 rings (SSSR count). The third kappa shape index (κ3) is 1.22. The molecule has 0 aliphatic heterocycles. The second kappa shape index (κ2) is 2.55. The lowest BCUT2D eigenvalue weighted by Gasteiger charge is -2.07. The fraction of sp³-hybridized carbons (Fsp3) is 0.750. The summed E-state index contributed by atoms with van der Waals surface area (Å²) in [6, 6.07) is 0.0937. The summed E-state index contributed by atoms with van der Waals surface area (Å²) in [6.45, 7) is 1.89. The minimum Gasteiger partial charge on any atom is -0.321 e. The first-order valence-electron chi connectivity index (χ1n) is 4.31. The highest BCUT2D eigenvalue weighted by Gasteiger charge is 2.32. The normalized spacial score (nSPS) is 19.6. The molecule has 1 aliphatic rings. The van der Waals surface area contributed by atoms with Crippen molar-refractivity contribution >= 4 is 0 Å². The van der Waals surface area contributed by atoms with Gasteiger partial charge in [0, 0.05) is 7.05 Å². The predicted octanol–water partition coefficient (Wildman–Crippen LogP) is 0.533. The van der Waals surface area contributed by atoms with E-state index in [0.29, 0.717) is 5.92 Å². The first kappa shape index (κ1) is 7.73. The molecule has 0 radical (unpaired) electrons. The fourth-order valence-electron chi connectivity index (χ4n) is 1.49. The Balaban J connectivity index is 2.25. The van der Waals surface area contributed by atoms with Gasteiger partial charge in [0.05, 0.1) is 6.04 Å². The van der Waals surface area contributed by atoms with Gasteiger partial charge in [-0.15, -0.1) is 0 Å². The quantitative estimate of drug-likeness (QED) is 0.697. The maximum atomic E-state index is 5.99. The van der Waals surface area contributed by atoms with Crippen LogP contribution in [0, 0.1) is 12.8 Å². The molecule has 1 unspecified atom stereocenters. The van der Waals surface area contributed by atoms with E-state index in [0.717, 1.165) is 11.6 Å². The molecular weight excluding hydrogens is 152 g/mol.